The summed E-state index contributed by atoms with van der Waals surface area (Å²) in [6.45, 7) is 0. The van der Waals surface area contributed by atoms with Crippen LogP contribution < -0.4 is 0 Å². The Morgan fingerprint density at radius 1 is 1.60 bits per heavy atom. The van der Waals surface area contributed by atoms with Gasteiger partial charge in [0.25, 0.3) is 0 Å². The van der Waals surface area contributed by atoms with Gasteiger partial charge in [0.05, 0.1) is 5.56 Å². The van der Waals surface area contributed by atoms with E-state index in [9.17, 15) is 4.79 Å². The summed E-state index contributed by atoms with van der Waals surface area (Å²) in [7, 11) is 0. The average molecular weight is 187 g/mol. The number of aromatic carboxylic acids is 1. The Balaban J connectivity index is 0.000000810. The van der Waals surface area contributed by atoms with Gasteiger partial charge in [0.15, 0.2) is 0 Å². The Labute approximate surface area is 68.6 Å². The predicted octanol–water partition coefficient (Wildman–Crippen LogP) is 0.777. The van der Waals surface area contributed by atoms with Crippen LogP contribution in [0.5, 0.6) is 0 Å². The minimum absolute atomic E-state index is 0. The fourth-order valence-electron chi connectivity index (χ4n) is 0.489. The van der Waals surface area contributed by atoms with E-state index in [0.717, 1.165) is 0 Å². The molecule has 0 saturated heterocycles. The van der Waals surface area contributed by atoms with Gasteiger partial charge in [-0.2, -0.15) is 0 Å². The van der Waals surface area contributed by atoms with Gasteiger partial charge in [-0.1, -0.05) is 0 Å². The van der Waals surface area contributed by atoms with E-state index in [-0.39, 0.29) is 22.6 Å². The Bertz CT molecular complexity index is 212. The molecule has 0 atom stereocenters. The third kappa shape index (κ3) is 2.17. The van der Waals surface area contributed by atoms with Crippen molar-refractivity contribution in [1.82, 2.24) is 4.98 Å². The van der Waals surface area contributed by atoms with Crippen LogP contribution >= 0.6 is 0 Å². The molecule has 1 radical (unpaired) electrons. The van der Waals surface area contributed by atoms with Gasteiger partial charge in [0.2, 0.25) is 0 Å². The number of aromatic nitrogens is 1. The topological polar surface area (TPSA) is 50.2 Å². The molecular weight excluding hydrogens is 182 g/mol. The van der Waals surface area contributed by atoms with Gasteiger partial charge < -0.3 is 5.11 Å². The molecule has 1 heterocycles. The molecule has 0 aliphatic rings. The first-order valence-corrected chi connectivity index (χ1v) is 2.44. The Morgan fingerprint density at radius 3 is 2.60 bits per heavy atom. The summed E-state index contributed by atoms with van der Waals surface area (Å²) < 4.78 is 0. The maximum absolute atomic E-state index is 10.2. The van der Waals surface area contributed by atoms with Gasteiger partial charge in [0.1, 0.15) is 0 Å². The van der Waals surface area contributed by atoms with E-state index in [2.05, 4.69) is 4.98 Å². The number of hydrogen-bond acceptors (Lipinski definition) is 2. The number of carbonyl (C=O) groups is 1. The van der Waals surface area contributed by atoms with E-state index >= 15 is 0 Å². The van der Waals surface area contributed by atoms with E-state index < -0.39 is 5.97 Å². The fourth-order valence-corrected chi connectivity index (χ4v) is 0.489. The molecule has 3 nitrogen and oxygen atoms in total. The zero-order valence-electron chi connectivity index (χ0n) is 4.91. The molecular formula is C6H5CuNO2+2. The maximum Gasteiger partial charge on any atom is 2.00 e. The first kappa shape index (κ1) is 9.14. The molecule has 0 spiro atoms. The largest absolute Gasteiger partial charge is 2.00 e. The molecule has 0 saturated carbocycles. The van der Waals surface area contributed by atoms with E-state index in [1.54, 1.807) is 6.07 Å². The van der Waals surface area contributed by atoms with Gasteiger partial charge in [0, 0.05) is 12.4 Å². The molecule has 0 fully saturated rings. The van der Waals surface area contributed by atoms with Crippen molar-refractivity contribution in [2.24, 2.45) is 0 Å². The van der Waals surface area contributed by atoms with Crippen LogP contribution in [0.15, 0.2) is 24.5 Å². The summed E-state index contributed by atoms with van der Waals surface area (Å²) >= 11 is 0. The van der Waals surface area contributed by atoms with Crippen molar-refractivity contribution in [1.29, 1.82) is 0 Å². The van der Waals surface area contributed by atoms with Crippen molar-refractivity contribution in [3.8, 4) is 0 Å². The number of carboxylic acids is 1. The van der Waals surface area contributed by atoms with Gasteiger partial charge >= 0.3 is 23.0 Å². The summed E-state index contributed by atoms with van der Waals surface area (Å²) in [4.78, 5) is 13.8. The van der Waals surface area contributed by atoms with Crippen LogP contribution in [0.4, 0.5) is 0 Å². The molecule has 4 heteroatoms. The Morgan fingerprint density at radius 2 is 2.30 bits per heavy atom. The second-order valence-electron chi connectivity index (χ2n) is 1.55. The molecule has 1 aromatic rings. The van der Waals surface area contributed by atoms with Crippen molar-refractivity contribution in [3.05, 3.63) is 30.1 Å². The monoisotopic (exact) mass is 186 g/mol. The van der Waals surface area contributed by atoms with Crippen LogP contribution in [-0.4, -0.2) is 16.1 Å². The minimum atomic E-state index is -0.942. The molecule has 0 unspecified atom stereocenters. The Hall–Kier alpha value is -0.861. The summed E-state index contributed by atoms with van der Waals surface area (Å²) in [5.41, 5.74) is 0.220. The summed E-state index contributed by atoms with van der Waals surface area (Å²) in [6.07, 6.45) is 2.84. The van der Waals surface area contributed by atoms with Crippen molar-refractivity contribution < 1.29 is 27.0 Å². The molecule has 0 amide bonds. The third-order valence-corrected chi connectivity index (χ3v) is 0.908. The van der Waals surface area contributed by atoms with Crippen molar-refractivity contribution in [2.75, 3.05) is 0 Å². The number of pyridine rings is 1. The van der Waals surface area contributed by atoms with E-state index in [4.69, 9.17) is 5.11 Å². The number of nitrogens with zero attached hydrogens (tertiary/aromatic N) is 1. The van der Waals surface area contributed by atoms with Crippen molar-refractivity contribution in [2.45, 2.75) is 0 Å². The summed E-state index contributed by atoms with van der Waals surface area (Å²) in [6, 6.07) is 3.08. The first-order chi connectivity index (χ1) is 4.30. The van der Waals surface area contributed by atoms with E-state index in [1.165, 1.54) is 18.5 Å². The van der Waals surface area contributed by atoms with Crippen LogP contribution in [-0.2, 0) is 17.1 Å². The zero-order valence-corrected chi connectivity index (χ0v) is 5.86. The van der Waals surface area contributed by atoms with E-state index in [0.29, 0.717) is 0 Å². The third-order valence-electron chi connectivity index (χ3n) is 0.908. The molecule has 0 bridgehead atoms. The molecule has 55 valence electrons. The van der Waals surface area contributed by atoms with Gasteiger partial charge in [-0.15, -0.1) is 0 Å². The van der Waals surface area contributed by atoms with E-state index in [1.807, 2.05) is 0 Å². The SMILES string of the molecule is O=C(O)c1cccnc1.[Cu+2]. The molecule has 0 aliphatic carbocycles. The predicted molar refractivity (Wildman–Crippen MR) is 31.2 cm³/mol. The van der Waals surface area contributed by atoms with Crippen LogP contribution in [0.1, 0.15) is 10.4 Å². The summed E-state index contributed by atoms with van der Waals surface area (Å²) in [5, 5.41) is 8.34. The molecule has 1 rings (SSSR count). The Kier molecular flexibility index (Phi) is 3.69. The van der Waals surface area contributed by atoms with Gasteiger partial charge in [-0.3, -0.25) is 4.98 Å². The average Bonchev–Trinajstić information content (AvgIpc) is 1.90. The molecule has 10 heavy (non-hydrogen) atoms. The standard InChI is InChI=1S/C6H5NO2.Cu/c8-6(9)5-2-1-3-7-4-5;/h1-4H,(H,8,9);/q;+2. The number of hydrogen-bond donors (Lipinski definition) is 1. The van der Waals surface area contributed by atoms with Crippen LogP contribution in [0.2, 0.25) is 0 Å². The summed E-state index contributed by atoms with van der Waals surface area (Å²) in [5.74, 6) is -0.942. The second kappa shape index (κ2) is 4.04. The quantitative estimate of drug-likeness (QED) is 0.660. The van der Waals surface area contributed by atoms with Gasteiger partial charge in [-0.05, 0) is 12.1 Å². The van der Waals surface area contributed by atoms with Gasteiger partial charge in [-0.25, -0.2) is 4.79 Å². The smallest absolute Gasteiger partial charge is 0.478 e. The minimum Gasteiger partial charge on any atom is -0.478 e. The molecule has 0 aliphatic heterocycles. The molecule has 0 aromatic carbocycles. The maximum atomic E-state index is 10.2. The first-order valence-electron chi connectivity index (χ1n) is 2.44. The molecule has 1 N–H and O–H groups in total. The fraction of sp³-hybridized carbons (Fsp3) is 0. The number of rotatable bonds is 1. The van der Waals surface area contributed by atoms with Crippen molar-refractivity contribution in [3.63, 3.8) is 0 Å². The van der Waals surface area contributed by atoms with Crippen LogP contribution in [0.3, 0.4) is 0 Å². The van der Waals surface area contributed by atoms with Crippen molar-refractivity contribution >= 4 is 5.97 Å². The number of carboxylic acid groups (broad SMARTS) is 1. The zero-order chi connectivity index (χ0) is 6.69. The van der Waals surface area contributed by atoms with Crippen LogP contribution in [0, 0.1) is 0 Å². The van der Waals surface area contributed by atoms with Crippen LogP contribution in [0.25, 0.3) is 0 Å². The normalized spacial score (nSPS) is 8.00. The molecule has 1 aromatic heterocycles. The second-order valence-corrected chi connectivity index (χ2v) is 1.55.